The number of aromatic hydroxyl groups is 1. The Labute approximate surface area is 221 Å². The molecule has 1 aliphatic heterocycles. The Balaban J connectivity index is 0.00000456. The zero-order chi connectivity index (χ0) is 25.4. The molecule has 0 radical (unpaired) electrons. The fourth-order valence-corrected chi connectivity index (χ4v) is 5.53. The molecule has 1 aromatic rings. The topological polar surface area (TPSA) is 102 Å². The molecule has 0 spiro atoms. The van der Waals surface area contributed by atoms with Crippen LogP contribution in [-0.4, -0.2) is 78.4 Å². The van der Waals surface area contributed by atoms with Gasteiger partial charge in [0.05, 0.1) is 6.54 Å². The normalized spacial score (nSPS) is 22.8. The number of piperidine rings is 1. The monoisotopic (exact) mass is 522 g/mol. The Morgan fingerprint density at radius 2 is 1.89 bits per heavy atom. The van der Waals surface area contributed by atoms with Gasteiger partial charge in [0.2, 0.25) is 17.7 Å². The Bertz CT molecular complexity index is 892. The number of phenols is 1. The summed E-state index contributed by atoms with van der Waals surface area (Å²) in [6.07, 6.45) is 6.15. The number of amides is 3. The van der Waals surface area contributed by atoms with Gasteiger partial charge < -0.3 is 25.5 Å². The van der Waals surface area contributed by atoms with E-state index >= 15 is 0 Å². The van der Waals surface area contributed by atoms with Crippen LogP contribution in [0.3, 0.4) is 0 Å². The van der Waals surface area contributed by atoms with Crippen LogP contribution in [0.1, 0.15) is 64.4 Å². The van der Waals surface area contributed by atoms with E-state index in [2.05, 4.69) is 35.4 Å². The maximum Gasteiger partial charge on any atom is 0.239 e. The summed E-state index contributed by atoms with van der Waals surface area (Å²) >= 11 is 0. The molecular weight excluding hydrogens is 480 g/mol. The number of hydrogen-bond acceptors (Lipinski definition) is 5. The molecule has 2 aliphatic rings. The maximum absolute atomic E-state index is 13.1. The maximum atomic E-state index is 13.1. The summed E-state index contributed by atoms with van der Waals surface area (Å²) in [6.45, 7) is 7.66. The van der Waals surface area contributed by atoms with Crippen LogP contribution in [0.25, 0.3) is 0 Å². The van der Waals surface area contributed by atoms with Crippen molar-refractivity contribution in [3.63, 3.8) is 0 Å². The Hall–Kier alpha value is -2.32. The van der Waals surface area contributed by atoms with Gasteiger partial charge in [-0.25, -0.2) is 0 Å². The smallest absolute Gasteiger partial charge is 0.239 e. The van der Waals surface area contributed by atoms with E-state index in [1.807, 2.05) is 17.0 Å². The third kappa shape index (κ3) is 7.84. The summed E-state index contributed by atoms with van der Waals surface area (Å²) in [7, 11) is 1.51. The molecule has 3 N–H and O–H groups in total. The first kappa shape index (κ1) is 29.9. The molecule has 8 nitrogen and oxygen atoms in total. The molecule has 202 valence electrons. The summed E-state index contributed by atoms with van der Waals surface area (Å²) in [4.78, 5) is 41.2. The molecule has 2 unspecified atom stereocenters. The molecule has 2 atom stereocenters. The van der Waals surface area contributed by atoms with Gasteiger partial charge in [0.1, 0.15) is 12.2 Å². The van der Waals surface area contributed by atoms with E-state index in [0.29, 0.717) is 18.2 Å². The van der Waals surface area contributed by atoms with Gasteiger partial charge in [-0.3, -0.25) is 14.4 Å². The summed E-state index contributed by atoms with van der Waals surface area (Å²) in [5.41, 5.74) is 1.17. The van der Waals surface area contributed by atoms with Crippen molar-refractivity contribution in [1.82, 2.24) is 20.4 Å². The fraction of sp³-hybridized carbons (Fsp3) is 0.667. The van der Waals surface area contributed by atoms with Gasteiger partial charge in [-0.05, 0) is 54.8 Å². The van der Waals surface area contributed by atoms with Crippen molar-refractivity contribution in [2.45, 2.75) is 70.3 Å². The highest BCUT2D eigenvalue weighted by atomic mass is 35.5. The van der Waals surface area contributed by atoms with Crippen LogP contribution in [0.5, 0.6) is 5.75 Å². The molecule has 1 saturated carbocycles. The highest BCUT2D eigenvalue weighted by Gasteiger charge is 2.38. The zero-order valence-electron chi connectivity index (χ0n) is 21.9. The lowest BCUT2D eigenvalue weighted by atomic mass is 9.68. The van der Waals surface area contributed by atoms with Crippen LogP contribution in [0, 0.1) is 5.92 Å². The Kier molecular flexibility index (Phi) is 11.5. The van der Waals surface area contributed by atoms with E-state index in [9.17, 15) is 19.5 Å². The first-order valence-corrected chi connectivity index (χ1v) is 13.0. The largest absolute Gasteiger partial charge is 0.508 e. The lowest BCUT2D eigenvalue weighted by Gasteiger charge is -2.46. The molecule has 1 aromatic carbocycles. The third-order valence-corrected chi connectivity index (χ3v) is 8.10. The second kappa shape index (κ2) is 13.8. The van der Waals surface area contributed by atoms with Crippen LogP contribution in [0.2, 0.25) is 0 Å². The second-order valence-corrected chi connectivity index (χ2v) is 10.4. The first-order chi connectivity index (χ1) is 16.7. The second-order valence-electron chi connectivity index (χ2n) is 10.4. The van der Waals surface area contributed by atoms with Gasteiger partial charge in [0, 0.05) is 32.7 Å². The molecule has 0 aromatic heterocycles. The number of carbonyl (C=O) groups is 3. The average molecular weight is 523 g/mol. The molecule has 9 heteroatoms. The lowest BCUT2D eigenvalue weighted by molar-refractivity contribution is -0.139. The number of likely N-dealkylation sites (N-methyl/N-ethyl adjacent to an activating group) is 1. The minimum absolute atomic E-state index is 0. The highest BCUT2D eigenvalue weighted by Crippen LogP contribution is 2.40. The summed E-state index contributed by atoms with van der Waals surface area (Å²) in [5, 5.41) is 15.0. The van der Waals surface area contributed by atoms with E-state index in [1.54, 1.807) is 6.07 Å². The van der Waals surface area contributed by atoms with E-state index in [0.717, 1.165) is 51.7 Å². The third-order valence-electron chi connectivity index (χ3n) is 8.10. The molecule has 3 amide bonds. The van der Waals surface area contributed by atoms with Gasteiger partial charge in [-0.2, -0.15) is 0 Å². The van der Waals surface area contributed by atoms with Gasteiger partial charge in [-0.15, -0.1) is 12.4 Å². The van der Waals surface area contributed by atoms with E-state index in [4.69, 9.17) is 0 Å². The lowest BCUT2D eigenvalue weighted by Crippen LogP contribution is -2.51. The molecular formula is C27H43ClN4O4. The molecule has 1 aliphatic carbocycles. The molecule has 2 fully saturated rings. The van der Waals surface area contributed by atoms with Crippen LogP contribution >= 0.6 is 12.4 Å². The molecule has 1 saturated heterocycles. The van der Waals surface area contributed by atoms with Gasteiger partial charge in [0.25, 0.3) is 0 Å². The number of likely N-dealkylation sites (tertiary alicyclic amines) is 1. The predicted octanol–water partition coefficient (Wildman–Crippen LogP) is 2.83. The summed E-state index contributed by atoms with van der Waals surface area (Å²) in [5.74, 6) is -0.146. The van der Waals surface area contributed by atoms with E-state index < -0.39 is 5.91 Å². The SMILES string of the molecule is CNC(=O)CNC(=O)CC(=O)N(CCN1CCC(C)(c2cccc(O)c2)C(C)C1)C1CCCCC1.Cl. The minimum Gasteiger partial charge on any atom is -0.508 e. The fourth-order valence-electron chi connectivity index (χ4n) is 5.53. The van der Waals surface area contributed by atoms with Crippen LogP contribution < -0.4 is 10.6 Å². The number of hydrogen-bond donors (Lipinski definition) is 3. The summed E-state index contributed by atoms with van der Waals surface area (Å²) in [6, 6.07) is 7.79. The van der Waals surface area contributed by atoms with Gasteiger partial charge in [-0.1, -0.05) is 45.2 Å². The molecule has 1 heterocycles. The Morgan fingerprint density at radius 1 is 1.17 bits per heavy atom. The van der Waals surface area contributed by atoms with Crippen molar-refractivity contribution < 1.29 is 19.5 Å². The standard InChI is InChI=1S/C27H42N4O4.ClH/c1-20-19-30(13-12-27(20,2)21-8-7-11-23(32)16-21)14-15-31(22-9-5-4-6-10-22)26(35)17-24(33)29-18-25(34)28-3;/h7-8,11,16,20,22,32H,4-6,9-10,12-15,17-19H2,1-3H3,(H,28,34)(H,29,33);1H. The Morgan fingerprint density at radius 3 is 2.53 bits per heavy atom. The van der Waals surface area contributed by atoms with Crippen molar-refractivity contribution in [1.29, 1.82) is 0 Å². The van der Waals surface area contributed by atoms with E-state index in [-0.39, 0.29) is 48.6 Å². The predicted molar refractivity (Wildman–Crippen MR) is 143 cm³/mol. The number of carbonyl (C=O) groups excluding carboxylic acids is 3. The van der Waals surface area contributed by atoms with Crippen molar-refractivity contribution in [2.75, 3.05) is 39.8 Å². The molecule has 3 rings (SSSR count). The quantitative estimate of drug-likeness (QED) is 0.433. The average Bonchev–Trinajstić information content (AvgIpc) is 2.85. The number of halogens is 1. The number of nitrogens with zero attached hydrogens (tertiary/aromatic N) is 2. The number of benzene rings is 1. The number of phenolic OH excluding ortho intramolecular Hbond substituents is 1. The molecule has 36 heavy (non-hydrogen) atoms. The number of nitrogens with one attached hydrogen (secondary N) is 2. The van der Waals surface area contributed by atoms with Crippen LogP contribution in [0.4, 0.5) is 0 Å². The number of rotatable bonds is 9. The summed E-state index contributed by atoms with van der Waals surface area (Å²) < 4.78 is 0. The highest BCUT2D eigenvalue weighted by molar-refractivity contribution is 5.98. The van der Waals surface area contributed by atoms with Gasteiger partial charge in [0.15, 0.2) is 0 Å². The van der Waals surface area contributed by atoms with Crippen molar-refractivity contribution in [3.05, 3.63) is 29.8 Å². The van der Waals surface area contributed by atoms with Crippen molar-refractivity contribution in [2.24, 2.45) is 5.92 Å². The van der Waals surface area contributed by atoms with Crippen molar-refractivity contribution in [3.8, 4) is 5.75 Å². The van der Waals surface area contributed by atoms with Crippen LogP contribution in [0.15, 0.2) is 24.3 Å². The van der Waals surface area contributed by atoms with Crippen LogP contribution in [-0.2, 0) is 19.8 Å². The van der Waals surface area contributed by atoms with E-state index in [1.165, 1.54) is 19.0 Å². The first-order valence-electron chi connectivity index (χ1n) is 13.0. The zero-order valence-corrected chi connectivity index (χ0v) is 22.7. The minimum atomic E-state index is -0.409. The van der Waals surface area contributed by atoms with Gasteiger partial charge >= 0.3 is 0 Å². The van der Waals surface area contributed by atoms with Crippen molar-refractivity contribution >= 4 is 30.1 Å². The molecule has 0 bridgehead atoms.